The van der Waals surface area contributed by atoms with Crippen LogP contribution >= 0.6 is 22.6 Å². The Kier molecular flexibility index (Phi) is 1.92. The van der Waals surface area contributed by atoms with Gasteiger partial charge in [-0.1, -0.05) is 35.4 Å². The fourth-order valence-electron chi connectivity index (χ4n) is 0.629. The molecule has 0 radical (unpaired) electrons. The third-order valence-corrected chi connectivity index (χ3v) is 1.73. The van der Waals surface area contributed by atoms with Gasteiger partial charge in [0.2, 0.25) is 0 Å². The van der Waals surface area contributed by atoms with Crippen molar-refractivity contribution in [3.05, 3.63) is 0 Å². The molecule has 1 fully saturated rings. The molecular weight excluding hydrogens is 203 g/mol. The first-order valence-corrected chi connectivity index (χ1v) is 3.86. The SMILES string of the molecule is OC(I)CC1CC1. The molecule has 0 aliphatic heterocycles. The van der Waals surface area contributed by atoms with Crippen LogP contribution in [0.15, 0.2) is 0 Å². The first kappa shape index (κ1) is 5.82. The minimum absolute atomic E-state index is 0.0925. The van der Waals surface area contributed by atoms with Gasteiger partial charge in [0, 0.05) is 0 Å². The van der Waals surface area contributed by atoms with E-state index in [1.807, 2.05) is 0 Å². The first-order chi connectivity index (χ1) is 3.29. The smallest absolute Gasteiger partial charge is 0.105 e. The Labute approximate surface area is 57.2 Å². The van der Waals surface area contributed by atoms with Crippen molar-refractivity contribution in [1.82, 2.24) is 0 Å². The summed E-state index contributed by atoms with van der Waals surface area (Å²) in [5.74, 6) is 0.867. The van der Waals surface area contributed by atoms with Crippen molar-refractivity contribution in [3.63, 3.8) is 0 Å². The van der Waals surface area contributed by atoms with E-state index in [0.717, 1.165) is 12.3 Å². The molecule has 1 rings (SSSR count). The zero-order valence-corrected chi connectivity index (χ0v) is 6.26. The maximum Gasteiger partial charge on any atom is 0.105 e. The van der Waals surface area contributed by atoms with Crippen molar-refractivity contribution in [2.45, 2.75) is 23.4 Å². The second kappa shape index (κ2) is 2.31. The molecule has 0 aromatic rings. The Morgan fingerprint density at radius 2 is 2.29 bits per heavy atom. The molecule has 1 nitrogen and oxygen atoms in total. The van der Waals surface area contributed by atoms with Crippen LogP contribution in [0.4, 0.5) is 0 Å². The maximum atomic E-state index is 8.75. The molecule has 1 aliphatic carbocycles. The number of aliphatic hydroxyl groups excluding tert-OH is 1. The molecule has 1 atom stereocenters. The molecule has 0 spiro atoms. The van der Waals surface area contributed by atoms with Crippen molar-refractivity contribution in [2.24, 2.45) is 5.92 Å². The lowest BCUT2D eigenvalue weighted by molar-refractivity contribution is 0.261. The van der Waals surface area contributed by atoms with E-state index in [2.05, 4.69) is 22.6 Å². The second-order valence-electron chi connectivity index (χ2n) is 2.11. The quantitative estimate of drug-likeness (QED) is 0.543. The molecule has 1 unspecified atom stereocenters. The number of hydrogen-bond acceptors (Lipinski definition) is 1. The van der Waals surface area contributed by atoms with Gasteiger partial charge >= 0.3 is 0 Å². The molecule has 7 heavy (non-hydrogen) atoms. The van der Waals surface area contributed by atoms with Crippen LogP contribution in [-0.4, -0.2) is 9.22 Å². The lowest BCUT2D eigenvalue weighted by atomic mass is 10.3. The van der Waals surface area contributed by atoms with Gasteiger partial charge in [0.15, 0.2) is 0 Å². The zero-order chi connectivity index (χ0) is 5.28. The molecule has 1 saturated carbocycles. The van der Waals surface area contributed by atoms with Gasteiger partial charge in [-0.2, -0.15) is 0 Å². The predicted molar refractivity (Wildman–Crippen MR) is 37.4 cm³/mol. The van der Waals surface area contributed by atoms with Crippen LogP contribution in [0.25, 0.3) is 0 Å². The van der Waals surface area contributed by atoms with Gasteiger partial charge in [-0.15, -0.1) is 0 Å². The molecule has 1 N–H and O–H groups in total. The summed E-state index contributed by atoms with van der Waals surface area (Å²) in [6.45, 7) is 0. The highest BCUT2D eigenvalue weighted by Crippen LogP contribution is 2.34. The average molecular weight is 212 g/mol. The van der Waals surface area contributed by atoms with E-state index in [-0.39, 0.29) is 4.11 Å². The summed E-state index contributed by atoms with van der Waals surface area (Å²) in [7, 11) is 0. The highest BCUT2D eigenvalue weighted by Gasteiger charge is 2.22. The second-order valence-corrected chi connectivity index (χ2v) is 3.55. The lowest BCUT2D eigenvalue weighted by Crippen LogP contribution is -1.93. The van der Waals surface area contributed by atoms with Gasteiger partial charge in [0.1, 0.15) is 4.11 Å². The van der Waals surface area contributed by atoms with Gasteiger partial charge in [0.25, 0.3) is 0 Å². The van der Waals surface area contributed by atoms with Crippen LogP contribution in [0.1, 0.15) is 19.3 Å². The first-order valence-electron chi connectivity index (χ1n) is 2.61. The van der Waals surface area contributed by atoms with E-state index in [0.29, 0.717) is 0 Å². The average Bonchev–Trinajstić information content (AvgIpc) is 2.17. The van der Waals surface area contributed by atoms with Gasteiger partial charge in [-0.25, -0.2) is 0 Å². The largest absolute Gasteiger partial charge is 0.383 e. The summed E-state index contributed by atoms with van der Waals surface area (Å²) in [5.41, 5.74) is 0. The van der Waals surface area contributed by atoms with Crippen molar-refractivity contribution in [1.29, 1.82) is 0 Å². The third kappa shape index (κ3) is 2.49. The van der Waals surface area contributed by atoms with Crippen molar-refractivity contribution in [2.75, 3.05) is 0 Å². The topological polar surface area (TPSA) is 20.2 Å². The molecule has 42 valence electrons. The summed E-state index contributed by atoms with van der Waals surface area (Å²) in [5, 5.41) is 8.75. The minimum atomic E-state index is -0.0925. The summed E-state index contributed by atoms with van der Waals surface area (Å²) < 4.78 is -0.0925. The van der Waals surface area contributed by atoms with E-state index in [1.54, 1.807) is 0 Å². The molecule has 0 heterocycles. The van der Waals surface area contributed by atoms with Gasteiger partial charge in [0.05, 0.1) is 0 Å². The van der Waals surface area contributed by atoms with Crippen molar-refractivity contribution < 1.29 is 5.11 Å². The van der Waals surface area contributed by atoms with E-state index in [4.69, 9.17) is 5.11 Å². The summed E-state index contributed by atoms with van der Waals surface area (Å²) >= 11 is 2.05. The Balaban J connectivity index is 1.97. The minimum Gasteiger partial charge on any atom is -0.383 e. The van der Waals surface area contributed by atoms with Crippen LogP contribution in [0, 0.1) is 5.92 Å². The standard InChI is InChI=1S/C5H9IO/c6-5(7)3-4-1-2-4/h4-5,7H,1-3H2. The highest BCUT2D eigenvalue weighted by molar-refractivity contribution is 14.1. The Morgan fingerprint density at radius 1 is 1.71 bits per heavy atom. The van der Waals surface area contributed by atoms with Crippen LogP contribution < -0.4 is 0 Å². The highest BCUT2D eigenvalue weighted by atomic mass is 127. The van der Waals surface area contributed by atoms with Crippen LogP contribution in [-0.2, 0) is 0 Å². The van der Waals surface area contributed by atoms with Crippen LogP contribution in [0.3, 0.4) is 0 Å². The van der Waals surface area contributed by atoms with Crippen molar-refractivity contribution >= 4 is 22.6 Å². The number of halogens is 1. The lowest BCUT2D eigenvalue weighted by Gasteiger charge is -1.95. The maximum absolute atomic E-state index is 8.75. The summed E-state index contributed by atoms with van der Waals surface area (Å²) in [4.78, 5) is 0. The normalized spacial score (nSPS) is 24.9. The number of alkyl halides is 1. The summed E-state index contributed by atoms with van der Waals surface area (Å²) in [6, 6.07) is 0. The third-order valence-electron chi connectivity index (χ3n) is 1.22. The van der Waals surface area contributed by atoms with Gasteiger partial charge in [-0.05, 0) is 12.3 Å². The number of rotatable bonds is 2. The zero-order valence-electron chi connectivity index (χ0n) is 4.10. The summed E-state index contributed by atoms with van der Waals surface area (Å²) in [6.07, 6.45) is 3.71. The molecule has 0 aromatic carbocycles. The van der Waals surface area contributed by atoms with E-state index >= 15 is 0 Å². The van der Waals surface area contributed by atoms with Crippen molar-refractivity contribution in [3.8, 4) is 0 Å². The van der Waals surface area contributed by atoms with E-state index in [1.165, 1.54) is 12.8 Å². The van der Waals surface area contributed by atoms with E-state index < -0.39 is 0 Å². The fraction of sp³-hybridized carbons (Fsp3) is 1.00. The molecule has 0 saturated heterocycles. The molecule has 0 amide bonds. The monoisotopic (exact) mass is 212 g/mol. The van der Waals surface area contributed by atoms with Gasteiger partial charge < -0.3 is 5.11 Å². The number of aliphatic hydroxyl groups is 1. The Morgan fingerprint density at radius 3 is 2.43 bits per heavy atom. The van der Waals surface area contributed by atoms with Gasteiger partial charge in [-0.3, -0.25) is 0 Å². The van der Waals surface area contributed by atoms with Crippen LogP contribution in [0.2, 0.25) is 0 Å². The molecule has 2 heteroatoms. The Hall–Kier alpha value is 0.690. The molecule has 0 aromatic heterocycles. The predicted octanol–water partition coefficient (Wildman–Crippen LogP) is 1.54. The van der Waals surface area contributed by atoms with Crippen LogP contribution in [0.5, 0.6) is 0 Å². The molecule has 0 bridgehead atoms. The number of hydrogen-bond donors (Lipinski definition) is 1. The molecule has 1 aliphatic rings. The fourth-order valence-corrected chi connectivity index (χ4v) is 1.35. The molecular formula is C5H9IO. The van der Waals surface area contributed by atoms with E-state index in [9.17, 15) is 0 Å². The Bertz CT molecular complexity index is 59.1.